The van der Waals surface area contributed by atoms with E-state index < -0.39 is 19.1 Å². The number of rotatable bonds is 4. The zero-order valence-corrected chi connectivity index (χ0v) is 12.0. The lowest BCUT2D eigenvalue weighted by molar-refractivity contribution is -0.0773. The third-order valence-electron chi connectivity index (χ3n) is 3.19. The minimum absolute atomic E-state index is 0.150. The summed E-state index contributed by atoms with van der Waals surface area (Å²) >= 11 is 1.27. The van der Waals surface area contributed by atoms with Crippen LogP contribution in [-0.4, -0.2) is 70.4 Å². The molecule has 0 atom stereocenters. The van der Waals surface area contributed by atoms with Gasteiger partial charge in [0.15, 0.2) is 0 Å². The van der Waals surface area contributed by atoms with Gasteiger partial charge in [0.05, 0.1) is 6.54 Å². The van der Waals surface area contributed by atoms with Gasteiger partial charge in [-0.3, -0.25) is 9.69 Å². The van der Waals surface area contributed by atoms with Crippen LogP contribution in [0.3, 0.4) is 0 Å². The van der Waals surface area contributed by atoms with Crippen molar-refractivity contribution in [1.82, 2.24) is 14.2 Å². The number of aliphatic hydroxyl groups excluding tert-OH is 1. The van der Waals surface area contributed by atoms with Gasteiger partial charge in [0.1, 0.15) is 12.3 Å². The molecule has 0 aromatic carbocycles. The molecule has 0 saturated carbocycles. The van der Waals surface area contributed by atoms with Crippen molar-refractivity contribution in [3.63, 3.8) is 0 Å². The summed E-state index contributed by atoms with van der Waals surface area (Å²) in [7, 11) is 0. The Morgan fingerprint density at radius 1 is 1.45 bits per heavy atom. The highest BCUT2D eigenvalue weighted by molar-refractivity contribution is 7.05. The van der Waals surface area contributed by atoms with Crippen LogP contribution in [0.2, 0.25) is 0 Å². The van der Waals surface area contributed by atoms with E-state index in [0.29, 0.717) is 31.9 Å². The Morgan fingerprint density at radius 2 is 2.10 bits per heavy atom. The van der Waals surface area contributed by atoms with Crippen LogP contribution in [0.5, 0.6) is 0 Å². The number of aryl methyl sites for hydroxylation is 1. The first-order valence-electron chi connectivity index (χ1n) is 6.35. The molecule has 1 fully saturated rings. The van der Waals surface area contributed by atoms with Crippen LogP contribution in [0.15, 0.2) is 6.07 Å². The lowest BCUT2D eigenvalue weighted by Gasteiger charge is -2.35. The number of nitrogens with zero attached hydrogens (tertiary/aromatic N) is 3. The van der Waals surface area contributed by atoms with Crippen molar-refractivity contribution in [2.24, 2.45) is 0 Å². The van der Waals surface area contributed by atoms with Crippen LogP contribution in [0, 0.1) is 6.92 Å². The molecule has 1 aliphatic rings. The van der Waals surface area contributed by atoms with Gasteiger partial charge in [0.25, 0.3) is 11.8 Å². The summed E-state index contributed by atoms with van der Waals surface area (Å²) in [5.74, 6) is -3.24. The van der Waals surface area contributed by atoms with Gasteiger partial charge in [-0.25, -0.2) is 8.78 Å². The molecule has 1 saturated heterocycles. The lowest BCUT2D eigenvalue weighted by atomic mass is 10.2. The number of carbonyl (C=O) groups excluding carboxylic acids is 1. The summed E-state index contributed by atoms with van der Waals surface area (Å²) in [6.45, 7) is 1.82. The van der Waals surface area contributed by atoms with Gasteiger partial charge < -0.3 is 10.0 Å². The molecule has 20 heavy (non-hydrogen) atoms. The smallest absolute Gasteiger partial charge is 0.283 e. The van der Waals surface area contributed by atoms with E-state index in [9.17, 15) is 13.6 Å². The third kappa shape index (κ3) is 3.71. The number of hydrogen-bond acceptors (Lipinski definition) is 5. The zero-order chi connectivity index (χ0) is 14.8. The van der Waals surface area contributed by atoms with Crippen molar-refractivity contribution in [1.29, 1.82) is 0 Å². The van der Waals surface area contributed by atoms with Crippen LogP contribution in [0.25, 0.3) is 0 Å². The van der Waals surface area contributed by atoms with Gasteiger partial charge in [0.2, 0.25) is 0 Å². The number of aromatic nitrogens is 1. The topological polar surface area (TPSA) is 56.7 Å². The molecule has 5 nitrogen and oxygen atoms in total. The Bertz CT molecular complexity index is 473. The molecular weight excluding hydrogens is 288 g/mol. The highest BCUT2D eigenvalue weighted by Gasteiger charge is 2.33. The van der Waals surface area contributed by atoms with Crippen molar-refractivity contribution < 1.29 is 18.7 Å². The number of amides is 1. The highest BCUT2D eigenvalue weighted by atomic mass is 32.1. The second-order valence-electron chi connectivity index (χ2n) is 4.91. The monoisotopic (exact) mass is 305 g/mol. The van der Waals surface area contributed by atoms with Gasteiger partial charge in [-0.2, -0.15) is 4.37 Å². The summed E-state index contributed by atoms with van der Waals surface area (Å²) in [4.78, 5) is 16.3. The van der Waals surface area contributed by atoms with E-state index in [2.05, 4.69) is 4.37 Å². The lowest BCUT2D eigenvalue weighted by Crippen LogP contribution is -2.52. The molecule has 112 valence electrons. The molecule has 2 heterocycles. The summed E-state index contributed by atoms with van der Waals surface area (Å²) in [5.41, 5.74) is 0.418. The van der Waals surface area contributed by atoms with Crippen molar-refractivity contribution >= 4 is 17.4 Å². The molecule has 8 heteroatoms. The largest absolute Gasteiger partial charge is 0.390 e. The number of hydrogen-bond donors (Lipinski definition) is 1. The van der Waals surface area contributed by atoms with Gasteiger partial charge in [-0.1, -0.05) is 0 Å². The van der Waals surface area contributed by atoms with Crippen LogP contribution >= 0.6 is 11.5 Å². The molecule has 1 N–H and O–H groups in total. The number of aliphatic hydroxyl groups is 1. The fourth-order valence-electron chi connectivity index (χ4n) is 2.12. The second kappa shape index (κ2) is 6.11. The average Bonchev–Trinajstić information content (AvgIpc) is 2.85. The fourth-order valence-corrected chi connectivity index (χ4v) is 2.65. The van der Waals surface area contributed by atoms with Crippen molar-refractivity contribution in [3.05, 3.63) is 16.6 Å². The first-order chi connectivity index (χ1) is 9.41. The Kier molecular flexibility index (Phi) is 4.66. The van der Waals surface area contributed by atoms with Gasteiger partial charge in [-0.15, -0.1) is 0 Å². The fraction of sp³-hybridized carbons (Fsp3) is 0.667. The zero-order valence-electron chi connectivity index (χ0n) is 11.2. The first-order valence-corrected chi connectivity index (χ1v) is 7.12. The minimum Gasteiger partial charge on any atom is -0.390 e. The number of piperazine rings is 1. The summed E-state index contributed by atoms with van der Waals surface area (Å²) in [5, 5.41) is 8.57. The Morgan fingerprint density at radius 3 is 2.60 bits per heavy atom. The second-order valence-corrected chi connectivity index (χ2v) is 5.91. The van der Waals surface area contributed by atoms with Crippen molar-refractivity contribution in [2.75, 3.05) is 39.3 Å². The maximum atomic E-state index is 13.1. The minimum atomic E-state index is -3.09. The molecular formula is C12H17F2N3O2S. The maximum Gasteiger partial charge on any atom is 0.283 e. The standard InChI is InChI=1S/C12H17F2N3O2S/c1-9-6-10(15-20-9)11(19)17-4-2-16(3-5-17)7-12(13,14)8-18/h6,18H,2-5,7-8H2,1H3. The van der Waals surface area contributed by atoms with Crippen LogP contribution < -0.4 is 0 Å². The molecule has 0 unspecified atom stereocenters. The Labute approximate surface area is 120 Å². The van der Waals surface area contributed by atoms with Crippen LogP contribution in [0.1, 0.15) is 15.4 Å². The predicted octanol–water partition coefficient (Wildman–Crippen LogP) is 0.837. The molecule has 2 rings (SSSR count). The SMILES string of the molecule is Cc1cc(C(=O)N2CCN(CC(F)(F)CO)CC2)ns1. The van der Waals surface area contributed by atoms with Crippen LogP contribution in [-0.2, 0) is 0 Å². The predicted molar refractivity (Wildman–Crippen MR) is 71.2 cm³/mol. The number of halogens is 2. The van der Waals surface area contributed by atoms with E-state index in [1.54, 1.807) is 15.9 Å². The van der Waals surface area contributed by atoms with E-state index in [-0.39, 0.29) is 5.91 Å². The number of alkyl halides is 2. The molecule has 0 aliphatic carbocycles. The van der Waals surface area contributed by atoms with Crippen molar-refractivity contribution in [3.8, 4) is 0 Å². The van der Waals surface area contributed by atoms with Crippen LogP contribution in [0.4, 0.5) is 8.78 Å². The summed E-state index contributed by atoms with van der Waals surface area (Å²) in [6, 6.07) is 1.74. The summed E-state index contributed by atoms with van der Waals surface area (Å²) < 4.78 is 30.2. The van der Waals surface area contributed by atoms with Gasteiger partial charge in [-0.05, 0) is 24.5 Å². The van der Waals surface area contributed by atoms with E-state index in [0.717, 1.165) is 4.88 Å². The highest BCUT2D eigenvalue weighted by Crippen LogP contribution is 2.17. The van der Waals surface area contributed by atoms with Gasteiger partial charge >= 0.3 is 0 Å². The molecule has 1 aromatic heterocycles. The first kappa shape index (κ1) is 15.3. The van der Waals surface area contributed by atoms with E-state index in [4.69, 9.17) is 5.11 Å². The Hall–Kier alpha value is -1.12. The summed E-state index contributed by atoms with van der Waals surface area (Å²) in [6.07, 6.45) is 0. The quantitative estimate of drug-likeness (QED) is 0.895. The number of carbonyl (C=O) groups is 1. The molecule has 1 aromatic rings. The molecule has 1 aliphatic heterocycles. The molecule has 0 radical (unpaired) electrons. The van der Waals surface area contributed by atoms with E-state index >= 15 is 0 Å². The molecule has 1 amide bonds. The van der Waals surface area contributed by atoms with Crippen molar-refractivity contribution in [2.45, 2.75) is 12.8 Å². The van der Waals surface area contributed by atoms with E-state index in [1.165, 1.54) is 11.5 Å². The van der Waals surface area contributed by atoms with Gasteiger partial charge in [0, 0.05) is 31.1 Å². The Balaban J connectivity index is 1.87. The third-order valence-corrected chi connectivity index (χ3v) is 3.89. The maximum absolute atomic E-state index is 13.1. The normalized spacial score (nSPS) is 17.5. The average molecular weight is 305 g/mol. The molecule has 0 spiro atoms. The molecule has 0 bridgehead atoms. The van der Waals surface area contributed by atoms with E-state index in [1.807, 2.05) is 6.92 Å².